The number of rotatable bonds is 8. The van der Waals surface area contributed by atoms with Gasteiger partial charge in [-0.1, -0.05) is 20.8 Å². The molecule has 14 heavy (non-hydrogen) atoms. The van der Waals surface area contributed by atoms with Gasteiger partial charge in [-0.2, -0.15) is 0 Å². The molecule has 1 unspecified atom stereocenters. The number of likely N-dealkylation sites (N-methyl/N-ethyl adjacent to an activating group) is 2. The molecule has 0 bridgehead atoms. The number of methoxy groups -OCH3 is 1. The first-order valence-corrected chi connectivity index (χ1v) is 5.53. The van der Waals surface area contributed by atoms with Crippen LogP contribution in [0.1, 0.15) is 20.8 Å². The van der Waals surface area contributed by atoms with Gasteiger partial charge in [-0.15, -0.1) is 0 Å². The van der Waals surface area contributed by atoms with E-state index in [1.165, 1.54) is 0 Å². The fraction of sp³-hybridized carbons (Fsp3) is 1.00. The number of hydrogen-bond acceptors (Lipinski definition) is 3. The van der Waals surface area contributed by atoms with E-state index in [9.17, 15) is 0 Å². The summed E-state index contributed by atoms with van der Waals surface area (Å²) in [6.07, 6.45) is 0. The van der Waals surface area contributed by atoms with Gasteiger partial charge < -0.3 is 10.1 Å². The number of ether oxygens (including phenoxy) is 1. The summed E-state index contributed by atoms with van der Waals surface area (Å²) in [5.74, 6) is 0.714. The average molecular weight is 202 g/mol. The molecule has 0 aromatic heterocycles. The van der Waals surface area contributed by atoms with Crippen LogP contribution in [0.25, 0.3) is 0 Å². The Labute approximate surface area is 88.8 Å². The molecular formula is C11H26N2O. The van der Waals surface area contributed by atoms with Crippen LogP contribution in [0.4, 0.5) is 0 Å². The third-order valence-electron chi connectivity index (χ3n) is 2.32. The molecule has 3 heteroatoms. The fourth-order valence-corrected chi connectivity index (χ4v) is 1.73. The fourth-order valence-electron chi connectivity index (χ4n) is 1.73. The lowest BCUT2D eigenvalue weighted by Gasteiger charge is -2.31. The first-order chi connectivity index (χ1) is 6.65. The average Bonchev–Trinajstić information content (AvgIpc) is 2.13. The van der Waals surface area contributed by atoms with E-state index < -0.39 is 0 Å². The minimum atomic E-state index is 0.498. The Morgan fingerprint density at radius 1 is 1.36 bits per heavy atom. The van der Waals surface area contributed by atoms with E-state index in [4.69, 9.17) is 4.74 Å². The highest BCUT2D eigenvalue weighted by Crippen LogP contribution is 2.04. The molecule has 3 nitrogen and oxygen atoms in total. The summed E-state index contributed by atoms with van der Waals surface area (Å²) < 4.78 is 5.24. The molecule has 86 valence electrons. The van der Waals surface area contributed by atoms with Crippen molar-refractivity contribution in [2.24, 2.45) is 5.92 Å². The molecule has 0 spiro atoms. The molecule has 1 N–H and O–H groups in total. The van der Waals surface area contributed by atoms with Gasteiger partial charge in [0, 0.05) is 26.2 Å². The van der Waals surface area contributed by atoms with Gasteiger partial charge in [-0.05, 0) is 19.5 Å². The minimum absolute atomic E-state index is 0.498. The summed E-state index contributed by atoms with van der Waals surface area (Å²) in [6.45, 7) is 10.8. The molecule has 0 saturated heterocycles. The van der Waals surface area contributed by atoms with Crippen molar-refractivity contribution in [3.63, 3.8) is 0 Å². The summed E-state index contributed by atoms with van der Waals surface area (Å²) in [5.41, 5.74) is 0. The quantitative estimate of drug-likeness (QED) is 0.640. The van der Waals surface area contributed by atoms with Crippen LogP contribution >= 0.6 is 0 Å². The SMILES string of the molecule is CCN(CC(C)C)C(CNC)COC. The van der Waals surface area contributed by atoms with Crippen molar-refractivity contribution in [3.8, 4) is 0 Å². The molecule has 0 rings (SSSR count). The second kappa shape index (κ2) is 8.21. The third kappa shape index (κ3) is 5.58. The largest absolute Gasteiger partial charge is 0.383 e. The predicted molar refractivity (Wildman–Crippen MR) is 61.7 cm³/mol. The van der Waals surface area contributed by atoms with Crippen molar-refractivity contribution in [1.82, 2.24) is 10.2 Å². The summed E-state index contributed by atoms with van der Waals surface area (Å²) in [6, 6.07) is 0.498. The zero-order valence-corrected chi connectivity index (χ0v) is 10.3. The van der Waals surface area contributed by atoms with Crippen LogP contribution in [-0.4, -0.2) is 51.3 Å². The van der Waals surface area contributed by atoms with E-state index in [-0.39, 0.29) is 0 Å². The topological polar surface area (TPSA) is 24.5 Å². The Hall–Kier alpha value is -0.120. The molecule has 0 amide bonds. The predicted octanol–water partition coefficient (Wildman–Crippen LogP) is 1.20. The Kier molecular flexibility index (Phi) is 8.14. The molecule has 1 atom stereocenters. The minimum Gasteiger partial charge on any atom is -0.383 e. The molecule has 0 aromatic carbocycles. The van der Waals surface area contributed by atoms with Crippen molar-refractivity contribution in [2.45, 2.75) is 26.8 Å². The van der Waals surface area contributed by atoms with Crippen molar-refractivity contribution in [3.05, 3.63) is 0 Å². The van der Waals surface area contributed by atoms with Crippen LogP contribution in [0.2, 0.25) is 0 Å². The molecule has 0 aliphatic carbocycles. The van der Waals surface area contributed by atoms with Crippen molar-refractivity contribution >= 4 is 0 Å². The lowest BCUT2D eigenvalue weighted by Crippen LogP contribution is -2.45. The Morgan fingerprint density at radius 2 is 2.00 bits per heavy atom. The normalized spacial score (nSPS) is 13.9. The highest BCUT2D eigenvalue weighted by atomic mass is 16.5. The molecule has 0 radical (unpaired) electrons. The van der Waals surface area contributed by atoms with Crippen molar-refractivity contribution < 1.29 is 4.74 Å². The Bertz CT molecular complexity index is 122. The van der Waals surface area contributed by atoms with Crippen LogP contribution in [0.3, 0.4) is 0 Å². The van der Waals surface area contributed by atoms with Gasteiger partial charge in [0.05, 0.1) is 6.61 Å². The highest BCUT2D eigenvalue weighted by Gasteiger charge is 2.16. The monoisotopic (exact) mass is 202 g/mol. The number of hydrogen-bond donors (Lipinski definition) is 1. The third-order valence-corrected chi connectivity index (χ3v) is 2.32. The summed E-state index contributed by atoms with van der Waals surface area (Å²) in [7, 11) is 3.76. The number of nitrogens with one attached hydrogen (secondary N) is 1. The van der Waals surface area contributed by atoms with Crippen molar-refractivity contribution in [1.29, 1.82) is 0 Å². The maximum atomic E-state index is 5.24. The Balaban J connectivity index is 4.10. The van der Waals surface area contributed by atoms with Gasteiger partial charge in [-0.3, -0.25) is 4.90 Å². The summed E-state index contributed by atoms with van der Waals surface area (Å²) in [4.78, 5) is 2.48. The van der Waals surface area contributed by atoms with Crippen LogP contribution < -0.4 is 5.32 Å². The van der Waals surface area contributed by atoms with E-state index >= 15 is 0 Å². The second-order valence-corrected chi connectivity index (χ2v) is 4.15. The van der Waals surface area contributed by atoms with Crippen molar-refractivity contribution in [2.75, 3.05) is 40.4 Å². The number of nitrogens with zero attached hydrogens (tertiary/aromatic N) is 1. The van der Waals surface area contributed by atoms with Crippen LogP contribution in [0, 0.1) is 5.92 Å². The van der Waals surface area contributed by atoms with E-state index in [1.54, 1.807) is 7.11 Å². The summed E-state index contributed by atoms with van der Waals surface area (Å²) in [5, 5.41) is 3.22. The Morgan fingerprint density at radius 3 is 2.36 bits per heavy atom. The molecule has 0 saturated carbocycles. The standard InChI is InChI=1S/C11H26N2O/c1-6-13(8-10(2)3)11(7-12-4)9-14-5/h10-12H,6-9H2,1-5H3. The lowest BCUT2D eigenvalue weighted by atomic mass is 10.1. The van der Waals surface area contributed by atoms with E-state index in [1.807, 2.05) is 7.05 Å². The summed E-state index contributed by atoms with van der Waals surface area (Å²) >= 11 is 0. The zero-order chi connectivity index (χ0) is 11.0. The smallest absolute Gasteiger partial charge is 0.0630 e. The van der Waals surface area contributed by atoms with E-state index in [2.05, 4.69) is 31.0 Å². The highest BCUT2D eigenvalue weighted by molar-refractivity contribution is 4.73. The van der Waals surface area contributed by atoms with E-state index in [0.29, 0.717) is 12.0 Å². The first kappa shape index (κ1) is 13.9. The second-order valence-electron chi connectivity index (χ2n) is 4.15. The van der Waals surface area contributed by atoms with Gasteiger partial charge in [-0.25, -0.2) is 0 Å². The lowest BCUT2D eigenvalue weighted by molar-refractivity contribution is 0.0860. The van der Waals surface area contributed by atoms with Gasteiger partial charge in [0.15, 0.2) is 0 Å². The first-order valence-electron chi connectivity index (χ1n) is 5.53. The molecule has 0 aliphatic rings. The van der Waals surface area contributed by atoms with Crippen LogP contribution in [0.15, 0.2) is 0 Å². The maximum Gasteiger partial charge on any atom is 0.0630 e. The van der Waals surface area contributed by atoms with Gasteiger partial charge in [0.25, 0.3) is 0 Å². The molecule has 0 aliphatic heterocycles. The van der Waals surface area contributed by atoms with Gasteiger partial charge in [0.1, 0.15) is 0 Å². The molecule has 0 fully saturated rings. The van der Waals surface area contributed by atoms with Gasteiger partial charge in [0.2, 0.25) is 0 Å². The van der Waals surface area contributed by atoms with E-state index in [0.717, 1.165) is 26.2 Å². The molecule has 0 aromatic rings. The van der Waals surface area contributed by atoms with Crippen LogP contribution in [0.5, 0.6) is 0 Å². The molecule has 0 heterocycles. The zero-order valence-electron chi connectivity index (χ0n) is 10.3. The molecular weight excluding hydrogens is 176 g/mol. The van der Waals surface area contributed by atoms with Gasteiger partial charge >= 0.3 is 0 Å². The maximum absolute atomic E-state index is 5.24. The van der Waals surface area contributed by atoms with Crippen LogP contribution in [-0.2, 0) is 4.74 Å².